The molecular formula is C8H13BN2O3. The van der Waals surface area contributed by atoms with Crippen LogP contribution in [0.1, 0.15) is 6.92 Å². The topological polar surface area (TPSA) is 76.6 Å². The van der Waals surface area contributed by atoms with E-state index in [4.69, 9.17) is 10.0 Å². The second-order valence-corrected chi connectivity index (χ2v) is 3.05. The molecule has 0 saturated carbocycles. The fraction of sp³-hybridized carbons (Fsp3) is 0.375. The van der Waals surface area contributed by atoms with Gasteiger partial charge in [-0.05, 0) is 18.5 Å². The maximum Gasteiger partial charge on any atom is 0.488 e. The van der Waals surface area contributed by atoms with Crippen LogP contribution in [0.3, 0.4) is 0 Å². The normalized spacial score (nSPS) is 10.0. The molecule has 0 aliphatic heterocycles. The van der Waals surface area contributed by atoms with Gasteiger partial charge in [0.05, 0.1) is 0 Å². The minimum absolute atomic E-state index is 0.198. The molecule has 0 bridgehead atoms. The first-order valence-corrected chi connectivity index (χ1v) is 4.36. The van der Waals surface area contributed by atoms with Gasteiger partial charge in [0.2, 0.25) is 5.56 Å². The largest absolute Gasteiger partial charge is 0.488 e. The van der Waals surface area contributed by atoms with E-state index in [1.807, 2.05) is 6.92 Å². The van der Waals surface area contributed by atoms with Crippen LogP contribution in [-0.2, 0) is 0 Å². The zero-order valence-electron chi connectivity index (χ0n) is 8.19. The number of nitrogens with zero attached hydrogens (tertiary/aromatic N) is 1. The highest BCUT2D eigenvalue weighted by Crippen LogP contribution is 2.02. The summed E-state index contributed by atoms with van der Waals surface area (Å²) in [4.78, 5) is 15.5. The van der Waals surface area contributed by atoms with Crippen LogP contribution >= 0.6 is 0 Å². The van der Waals surface area contributed by atoms with Gasteiger partial charge >= 0.3 is 7.12 Å². The number of aromatic amines is 1. The predicted molar refractivity (Wildman–Crippen MR) is 55.8 cm³/mol. The molecule has 3 N–H and O–H groups in total. The van der Waals surface area contributed by atoms with Gasteiger partial charge in [-0.15, -0.1) is 0 Å². The van der Waals surface area contributed by atoms with Crippen molar-refractivity contribution in [3.63, 3.8) is 0 Å². The Bertz CT molecular complexity index is 364. The van der Waals surface area contributed by atoms with Crippen LogP contribution in [0.25, 0.3) is 0 Å². The fourth-order valence-electron chi connectivity index (χ4n) is 1.07. The van der Waals surface area contributed by atoms with E-state index in [1.165, 1.54) is 6.07 Å². The quantitative estimate of drug-likeness (QED) is 0.515. The molecule has 1 rings (SSSR count). The smallest absolute Gasteiger partial charge is 0.423 e. The van der Waals surface area contributed by atoms with E-state index in [2.05, 4.69) is 4.98 Å². The molecule has 1 heterocycles. The van der Waals surface area contributed by atoms with Gasteiger partial charge in [-0.3, -0.25) is 4.79 Å². The number of anilines is 1. The summed E-state index contributed by atoms with van der Waals surface area (Å²) in [5.41, 5.74) is -0.144. The van der Waals surface area contributed by atoms with Crippen molar-refractivity contribution in [2.24, 2.45) is 0 Å². The minimum atomic E-state index is -1.61. The third kappa shape index (κ3) is 2.37. The second kappa shape index (κ2) is 4.30. The van der Waals surface area contributed by atoms with Crippen molar-refractivity contribution in [3.05, 3.63) is 22.5 Å². The first-order valence-electron chi connectivity index (χ1n) is 4.36. The Labute approximate surface area is 82.1 Å². The summed E-state index contributed by atoms with van der Waals surface area (Å²) in [6, 6.07) is 2.70. The Morgan fingerprint density at radius 3 is 2.64 bits per heavy atom. The lowest BCUT2D eigenvalue weighted by Gasteiger charge is -2.16. The summed E-state index contributed by atoms with van der Waals surface area (Å²) in [5.74, 6) is 0.572. The van der Waals surface area contributed by atoms with Gasteiger partial charge < -0.3 is 19.9 Å². The lowest BCUT2D eigenvalue weighted by molar-refractivity contribution is 0.425. The van der Waals surface area contributed by atoms with Gasteiger partial charge in [0.1, 0.15) is 5.82 Å². The van der Waals surface area contributed by atoms with Crippen molar-refractivity contribution in [1.29, 1.82) is 0 Å². The molecule has 0 aromatic carbocycles. The monoisotopic (exact) mass is 196 g/mol. The molecular weight excluding hydrogens is 183 g/mol. The summed E-state index contributed by atoms with van der Waals surface area (Å²) in [6.45, 7) is 2.65. The van der Waals surface area contributed by atoms with Gasteiger partial charge in [0.25, 0.3) is 0 Å². The Kier molecular flexibility index (Phi) is 3.32. The molecule has 0 radical (unpaired) electrons. The van der Waals surface area contributed by atoms with Crippen LogP contribution in [0.4, 0.5) is 5.82 Å². The van der Waals surface area contributed by atoms with Crippen LogP contribution in [0.15, 0.2) is 16.9 Å². The molecule has 76 valence electrons. The van der Waals surface area contributed by atoms with Crippen LogP contribution < -0.4 is 15.9 Å². The highest BCUT2D eigenvalue weighted by Gasteiger charge is 2.13. The Hall–Kier alpha value is -1.27. The van der Waals surface area contributed by atoms with Crippen molar-refractivity contribution in [3.8, 4) is 0 Å². The maximum absolute atomic E-state index is 11.1. The number of rotatable bonds is 3. The zero-order valence-corrected chi connectivity index (χ0v) is 8.19. The average molecular weight is 196 g/mol. The number of aromatic nitrogens is 1. The van der Waals surface area contributed by atoms with Crippen LogP contribution in [0, 0.1) is 0 Å². The number of pyridine rings is 1. The Balaban J connectivity index is 3.13. The van der Waals surface area contributed by atoms with E-state index >= 15 is 0 Å². The van der Waals surface area contributed by atoms with E-state index in [-0.39, 0.29) is 11.0 Å². The van der Waals surface area contributed by atoms with E-state index in [0.717, 1.165) is 12.6 Å². The number of hydrogen-bond acceptors (Lipinski definition) is 4. The molecule has 6 heteroatoms. The third-order valence-electron chi connectivity index (χ3n) is 2.04. The van der Waals surface area contributed by atoms with Crippen LogP contribution in [-0.4, -0.2) is 35.7 Å². The van der Waals surface area contributed by atoms with Crippen molar-refractivity contribution in [1.82, 2.24) is 4.98 Å². The van der Waals surface area contributed by atoms with Crippen molar-refractivity contribution in [2.45, 2.75) is 6.92 Å². The van der Waals surface area contributed by atoms with Gasteiger partial charge in [0, 0.05) is 19.7 Å². The highest BCUT2D eigenvalue weighted by molar-refractivity contribution is 6.58. The molecule has 0 fully saturated rings. The lowest BCUT2D eigenvalue weighted by Crippen LogP contribution is -2.34. The van der Waals surface area contributed by atoms with Crippen LogP contribution in [0.5, 0.6) is 0 Å². The van der Waals surface area contributed by atoms with Crippen molar-refractivity contribution >= 4 is 18.4 Å². The first-order chi connectivity index (χ1) is 6.54. The van der Waals surface area contributed by atoms with E-state index in [1.54, 1.807) is 11.9 Å². The van der Waals surface area contributed by atoms with Crippen molar-refractivity contribution in [2.75, 3.05) is 18.5 Å². The maximum atomic E-state index is 11.1. The molecule has 0 amide bonds. The van der Waals surface area contributed by atoms with E-state index in [9.17, 15) is 4.79 Å². The Morgan fingerprint density at radius 1 is 1.50 bits per heavy atom. The molecule has 0 aliphatic rings. The number of H-pyrrole nitrogens is 1. The lowest BCUT2D eigenvalue weighted by atomic mass is 9.81. The number of hydrogen-bond donors (Lipinski definition) is 3. The molecule has 0 aliphatic carbocycles. The second-order valence-electron chi connectivity index (χ2n) is 3.05. The molecule has 0 unspecified atom stereocenters. The first kappa shape index (κ1) is 10.8. The van der Waals surface area contributed by atoms with Gasteiger partial charge in [-0.2, -0.15) is 0 Å². The SMILES string of the molecule is CCN(C)c1cc(B(O)O)cc(=O)[nH]1. The summed E-state index contributed by atoms with van der Waals surface area (Å²) in [7, 11) is 0.194. The minimum Gasteiger partial charge on any atom is -0.423 e. The molecule has 14 heavy (non-hydrogen) atoms. The van der Waals surface area contributed by atoms with Gasteiger partial charge in [0.15, 0.2) is 0 Å². The molecule has 1 aromatic heterocycles. The number of nitrogens with one attached hydrogen (secondary N) is 1. The molecule has 5 nitrogen and oxygen atoms in total. The summed E-state index contributed by atoms with van der Waals surface area (Å²) < 4.78 is 0. The fourth-order valence-corrected chi connectivity index (χ4v) is 1.07. The standard InChI is InChI=1S/C8H13BN2O3/c1-3-11(2)7-4-6(9(13)14)5-8(12)10-7/h4-5,13-14H,3H2,1-2H3,(H,10,12). The molecule has 0 spiro atoms. The van der Waals surface area contributed by atoms with Crippen molar-refractivity contribution < 1.29 is 10.0 Å². The average Bonchev–Trinajstić information content (AvgIpc) is 2.15. The molecule has 0 atom stereocenters. The Morgan fingerprint density at radius 2 is 2.14 bits per heavy atom. The van der Waals surface area contributed by atoms with E-state index in [0.29, 0.717) is 5.82 Å². The predicted octanol–water partition coefficient (Wildman–Crippen LogP) is -1.49. The summed E-state index contributed by atoms with van der Waals surface area (Å²) in [6.07, 6.45) is 0. The highest BCUT2D eigenvalue weighted by atomic mass is 16.4. The third-order valence-corrected chi connectivity index (χ3v) is 2.04. The van der Waals surface area contributed by atoms with E-state index < -0.39 is 7.12 Å². The molecule has 0 saturated heterocycles. The molecule has 1 aromatic rings. The van der Waals surface area contributed by atoms with Gasteiger partial charge in [-0.25, -0.2) is 0 Å². The van der Waals surface area contributed by atoms with Gasteiger partial charge in [-0.1, -0.05) is 0 Å². The van der Waals surface area contributed by atoms with Crippen LogP contribution in [0.2, 0.25) is 0 Å². The zero-order chi connectivity index (χ0) is 10.7. The summed E-state index contributed by atoms with van der Waals surface area (Å²) >= 11 is 0. The summed E-state index contributed by atoms with van der Waals surface area (Å²) in [5, 5.41) is 17.8.